The van der Waals surface area contributed by atoms with Crippen molar-refractivity contribution >= 4 is 31.9 Å². The van der Waals surface area contributed by atoms with Gasteiger partial charge in [-0.2, -0.15) is 0 Å². The lowest BCUT2D eigenvalue weighted by molar-refractivity contribution is 1.24. The molecule has 0 aliphatic carbocycles. The molecule has 0 saturated heterocycles. The SMILES string of the molecule is CC.Cc1c(Br)cncc1Br. The van der Waals surface area contributed by atoms with Gasteiger partial charge >= 0.3 is 0 Å². The number of rotatable bonds is 0. The van der Waals surface area contributed by atoms with Crippen molar-refractivity contribution < 1.29 is 0 Å². The Balaban J connectivity index is 0.000000461. The van der Waals surface area contributed by atoms with E-state index in [2.05, 4.69) is 36.8 Å². The fraction of sp³-hybridized carbons (Fsp3) is 0.375. The van der Waals surface area contributed by atoms with Crippen LogP contribution < -0.4 is 0 Å². The molecule has 62 valence electrons. The summed E-state index contributed by atoms with van der Waals surface area (Å²) in [6.45, 7) is 6.02. The van der Waals surface area contributed by atoms with E-state index in [1.54, 1.807) is 12.4 Å². The van der Waals surface area contributed by atoms with Gasteiger partial charge in [0.15, 0.2) is 0 Å². The summed E-state index contributed by atoms with van der Waals surface area (Å²) in [6, 6.07) is 0. The zero-order valence-corrected chi connectivity index (χ0v) is 10.0. The minimum absolute atomic E-state index is 1.04. The quantitative estimate of drug-likeness (QED) is 0.701. The Bertz CT molecular complexity index is 203. The van der Waals surface area contributed by atoms with Crippen molar-refractivity contribution in [2.75, 3.05) is 0 Å². The first-order chi connectivity index (χ1) is 5.22. The highest BCUT2D eigenvalue weighted by molar-refractivity contribution is 9.11. The van der Waals surface area contributed by atoms with Crippen molar-refractivity contribution in [3.63, 3.8) is 0 Å². The second-order valence-corrected chi connectivity index (χ2v) is 3.44. The molecular formula is C8H11Br2N. The summed E-state index contributed by atoms with van der Waals surface area (Å²) < 4.78 is 2.08. The van der Waals surface area contributed by atoms with Gasteiger partial charge in [-0.3, -0.25) is 4.98 Å². The van der Waals surface area contributed by atoms with Crippen LogP contribution in [0.3, 0.4) is 0 Å². The third kappa shape index (κ3) is 3.34. The van der Waals surface area contributed by atoms with Crippen LogP contribution in [0.15, 0.2) is 21.3 Å². The van der Waals surface area contributed by atoms with Gasteiger partial charge in [-0.1, -0.05) is 13.8 Å². The Hall–Kier alpha value is 0.110. The van der Waals surface area contributed by atoms with Crippen molar-refractivity contribution in [2.45, 2.75) is 20.8 Å². The number of hydrogen-bond acceptors (Lipinski definition) is 1. The topological polar surface area (TPSA) is 12.9 Å². The summed E-state index contributed by atoms with van der Waals surface area (Å²) in [5, 5.41) is 0. The third-order valence-corrected chi connectivity index (χ3v) is 2.69. The maximum Gasteiger partial charge on any atom is 0.0413 e. The molecule has 1 heterocycles. The van der Waals surface area contributed by atoms with Crippen molar-refractivity contribution in [1.29, 1.82) is 0 Å². The summed E-state index contributed by atoms with van der Waals surface area (Å²) in [6.07, 6.45) is 3.56. The smallest absolute Gasteiger partial charge is 0.0413 e. The molecule has 0 bridgehead atoms. The molecule has 0 radical (unpaired) electrons. The van der Waals surface area contributed by atoms with Crippen LogP contribution in [0.25, 0.3) is 0 Å². The van der Waals surface area contributed by atoms with Gasteiger partial charge in [0.2, 0.25) is 0 Å². The van der Waals surface area contributed by atoms with Crippen LogP contribution in [0.4, 0.5) is 0 Å². The molecule has 1 nitrogen and oxygen atoms in total. The second kappa shape index (κ2) is 5.72. The van der Waals surface area contributed by atoms with Crippen LogP contribution in [0.1, 0.15) is 19.4 Å². The highest BCUT2D eigenvalue weighted by Crippen LogP contribution is 2.21. The molecule has 0 amide bonds. The van der Waals surface area contributed by atoms with Gasteiger partial charge in [-0.25, -0.2) is 0 Å². The second-order valence-electron chi connectivity index (χ2n) is 1.73. The zero-order chi connectivity index (χ0) is 8.85. The maximum absolute atomic E-state index is 3.95. The van der Waals surface area contributed by atoms with E-state index >= 15 is 0 Å². The Morgan fingerprint density at radius 1 is 1.09 bits per heavy atom. The molecule has 0 aromatic carbocycles. The molecule has 1 aromatic rings. The summed E-state index contributed by atoms with van der Waals surface area (Å²) in [4.78, 5) is 3.95. The van der Waals surface area contributed by atoms with Gasteiger partial charge in [0.05, 0.1) is 0 Å². The van der Waals surface area contributed by atoms with Gasteiger partial charge < -0.3 is 0 Å². The molecule has 11 heavy (non-hydrogen) atoms. The fourth-order valence-electron chi connectivity index (χ4n) is 0.476. The number of hydrogen-bond donors (Lipinski definition) is 0. The summed E-state index contributed by atoms with van der Waals surface area (Å²) >= 11 is 6.71. The lowest BCUT2D eigenvalue weighted by Crippen LogP contribution is -1.79. The predicted octanol–water partition coefficient (Wildman–Crippen LogP) is 3.94. The molecule has 3 heteroatoms. The monoisotopic (exact) mass is 279 g/mol. The first kappa shape index (κ1) is 11.1. The molecule has 0 fully saturated rings. The Morgan fingerprint density at radius 3 is 1.73 bits per heavy atom. The number of pyridine rings is 1. The maximum atomic E-state index is 3.95. The minimum atomic E-state index is 1.04. The number of aromatic nitrogens is 1. The molecule has 1 rings (SSSR count). The average Bonchev–Trinajstić information content (AvgIpc) is 2.04. The predicted molar refractivity (Wildman–Crippen MR) is 55.7 cm³/mol. The lowest BCUT2D eigenvalue weighted by atomic mass is 10.3. The van der Waals surface area contributed by atoms with Gasteiger partial charge in [0, 0.05) is 21.3 Å². The largest absolute Gasteiger partial charge is 0.262 e. The molecular weight excluding hydrogens is 270 g/mol. The van der Waals surface area contributed by atoms with Gasteiger partial charge in [-0.05, 0) is 44.3 Å². The molecule has 1 aromatic heterocycles. The summed E-state index contributed by atoms with van der Waals surface area (Å²) in [5.41, 5.74) is 1.19. The van der Waals surface area contributed by atoms with E-state index in [1.807, 2.05) is 20.8 Å². The van der Waals surface area contributed by atoms with Gasteiger partial charge in [0.25, 0.3) is 0 Å². The molecule has 0 N–H and O–H groups in total. The average molecular weight is 281 g/mol. The zero-order valence-electron chi connectivity index (χ0n) is 6.86. The molecule has 0 aliphatic heterocycles. The van der Waals surface area contributed by atoms with E-state index in [1.165, 1.54) is 5.56 Å². The first-order valence-electron chi connectivity index (χ1n) is 3.47. The van der Waals surface area contributed by atoms with Crippen molar-refractivity contribution in [3.8, 4) is 0 Å². The van der Waals surface area contributed by atoms with E-state index in [0.717, 1.165) is 8.95 Å². The highest BCUT2D eigenvalue weighted by Gasteiger charge is 1.96. The van der Waals surface area contributed by atoms with Crippen LogP contribution >= 0.6 is 31.9 Å². The van der Waals surface area contributed by atoms with Crippen LogP contribution in [0, 0.1) is 6.92 Å². The van der Waals surface area contributed by atoms with Crippen LogP contribution in [-0.4, -0.2) is 4.98 Å². The Labute approximate surface area is 84.5 Å². The molecule has 0 unspecified atom stereocenters. The molecule has 0 aliphatic rings. The molecule has 0 saturated carbocycles. The lowest BCUT2D eigenvalue weighted by Gasteiger charge is -1.96. The van der Waals surface area contributed by atoms with E-state index in [9.17, 15) is 0 Å². The molecule has 0 spiro atoms. The van der Waals surface area contributed by atoms with E-state index in [0.29, 0.717) is 0 Å². The third-order valence-electron chi connectivity index (χ3n) is 1.09. The van der Waals surface area contributed by atoms with Gasteiger partial charge in [0.1, 0.15) is 0 Å². The van der Waals surface area contributed by atoms with Crippen molar-refractivity contribution in [3.05, 3.63) is 26.9 Å². The number of halogens is 2. The normalized spacial score (nSPS) is 8.45. The van der Waals surface area contributed by atoms with Crippen molar-refractivity contribution in [2.24, 2.45) is 0 Å². The minimum Gasteiger partial charge on any atom is -0.262 e. The van der Waals surface area contributed by atoms with Crippen LogP contribution in [-0.2, 0) is 0 Å². The fourth-order valence-corrected chi connectivity index (χ4v) is 1.41. The van der Waals surface area contributed by atoms with E-state index in [-0.39, 0.29) is 0 Å². The number of nitrogens with zero attached hydrogens (tertiary/aromatic N) is 1. The van der Waals surface area contributed by atoms with Gasteiger partial charge in [-0.15, -0.1) is 0 Å². The Kier molecular flexibility index (Phi) is 5.78. The molecule has 0 atom stereocenters. The Morgan fingerprint density at radius 2 is 1.45 bits per heavy atom. The highest BCUT2D eigenvalue weighted by atomic mass is 79.9. The van der Waals surface area contributed by atoms with E-state index in [4.69, 9.17) is 0 Å². The van der Waals surface area contributed by atoms with Crippen molar-refractivity contribution in [1.82, 2.24) is 4.98 Å². The standard InChI is InChI=1S/C6H5Br2N.C2H6/c1-4-5(7)2-9-3-6(4)8;1-2/h2-3H,1H3;1-2H3. The van der Waals surface area contributed by atoms with Crippen LogP contribution in [0.5, 0.6) is 0 Å². The van der Waals surface area contributed by atoms with Crippen LogP contribution in [0.2, 0.25) is 0 Å². The summed E-state index contributed by atoms with van der Waals surface area (Å²) in [5.74, 6) is 0. The first-order valence-corrected chi connectivity index (χ1v) is 5.06. The van der Waals surface area contributed by atoms with E-state index < -0.39 is 0 Å². The summed E-state index contributed by atoms with van der Waals surface area (Å²) in [7, 11) is 0.